The van der Waals surface area contributed by atoms with E-state index in [1.807, 2.05) is 54.8 Å². The summed E-state index contributed by atoms with van der Waals surface area (Å²) in [5, 5.41) is 17.3. The Hall–Kier alpha value is -3.56. The van der Waals surface area contributed by atoms with Crippen molar-refractivity contribution in [1.29, 1.82) is 0 Å². The number of nitrogens with zero attached hydrogens (tertiary/aromatic N) is 3. The quantitative estimate of drug-likeness (QED) is 0.390. The molecule has 8 nitrogen and oxygen atoms in total. The van der Waals surface area contributed by atoms with Gasteiger partial charge in [0.05, 0.1) is 6.04 Å². The van der Waals surface area contributed by atoms with Crippen molar-refractivity contribution in [2.24, 2.45) is 11.5 Å². The summed E-state index contributed by atoms with van der Waals surface area (Å²) >= 11 is 1.65. The third-order valence-electron chi connectivity index (χ3n) is 4.25. The van der Waals surface area contributed by atoms with E-state index in [-0.39, 0.29) is 23.5 Å². The van der Waals surface area contributed by atoms with Gasteiger partial charge in [-0.2, -0.15) is 4.98 Å². The molecule has 0 aliphatic rings. The second kappa shape index (κ2) is 9.77. The van der Waals surface area contributed by atoms with Crippen molar-refractivity contribution in [2.75, 3.05) is 17.2 Å². The third kappa shape index (κ3) is 4.88. The standard InChI is InChI=1S/C21H23N7OS/c1-3-5-13(6-4-2)16(12-22)25-21-26-20(18(19(23)29)27-28-21)24-15-7-8-17-14(11-15)9-10-30-17/h3-11,16H,1,12,22H2,2H3,(H2,23,29)(H2,24,25,26,28)/b6-4-,13-5+/t16-/m0/s1. The predicted molar refractivity (Wildman–Crippen MR) is 123 cm³/mol. The molecule has 3 rings (SSSR count). The largest absolute Gasteiger partial charge is 0.364 e. The molecule has 0 fully saturated rings. The zero-order valence-corrected chi connectivity index (χ0v) is 17.3. The highest BCUT2D eigenvalue weighted by atomic mass is 32.1. The molecule has 0 saturated carbocycles. The zero-order valence-electron chi connectivity index (χ0n) is 16.5. The molecule has 6 N–H and O–H groups in total. The van der Waals surface area contributed by atoms with Gasteiger partial charge in [0.25, 0.3) is 5.91 Å². The number of thiophene rings is 1. The minimum atomic E-state index is -0.725. The van der Waals surface area contributed by atoms with Gasteiger partial charge in [-0.1, -0.05) is 30.9 Å². The highest BCUT2D eigenvalue weighted by molar-refractivity contribution is 7.17. The minimum Gasteiger partial charge on any atom is -0.364 e. The Balaban J connectivity index is 1.92. The van der Waals surface area contributed by atoms with Crippen LogP contribution in [0.3, 0.4) is 0 Å². The molecule has 0 bridgehead atoms. The molecule has 0 unspecified atom stereocenters. The van der Waals surface area contributed by atoms with E-state index in [1.165, 1.54) is 0 Å². The van der Waals surface area contributed by atoms with Crippen LogP contribution in [0.1, 0.15) is 17.4 Å². The molecular formula is C21H23N7OS. The second-order valence-corrected chi connectivity index (χ2v) is 7.28. The number of hydrogen-bond donors (Lipinski definition) is 4. The number of fused-ring (bicyclic) bond motifs is 1. The van der Waals surface area contributed by atoms with E-state index in [1.54, 1.807) is 17.4 Å². The maximum atomic E-state index is 11.8. The number of benzene rings is 1. The van der Waals surface area contributed by atoms with Crippen LogP contribution in [0.5, 0.6) is 0 Å². The van der Waals surface area contributed by atoms with E-state index >= 15 is 0 Å². The molecule has 1 amide bonds. The number of allylic oxidation sites excluding steroid dienone is 3. The molecule has 9 heteroatoms. The lowest BCUT2D eigenvalue weighted by Crippen LogP contribution is -2.31. The first kappa shape index (κ1) is 21.2. The van der Waals surface area contributed by atoms with Crippen molar-refractivity contribution in [2.45, 2.75) is 13.0 Å². The Labute approximate surface area is 178 Å². The summed E-state index contributed by atoms with van der Waals surface area (Å²) in [6.07, 6.45) is 7.36. The van der Waals surface area contributed by atoms with Crippen LogP contribution in [0.2, 0.25) is 0 Å². The van der Waals surface area contributed by atoms with Gasteiger partial charge < -0.3 is 22.1 Å². The van der Waals surface area contributed by atoms with Crippen LogP contribution in [0.15, 0.2) is 66.1 Å². The van der Waals surface area contributed by atoms with Crippen LogP contribution in [0, 0.1) is 0 Å². The van der Waals surface area contributed by atoms with Crippen molar-refractivity contribution < 1.29 is 4.79 Å². The Bertz CT molecular complexity index is 1120. The van der Waals surface area contributed by atoms with Gasteiger partial charge in [-0.25, -0.2) is 0 Å². The molecule has 154 valence electrons. The highest BCUT2D eigenvalue weighted by Crippen LogP contribution is 2.26. The van der Waals surface area contributed by atoms with Gasteiger partial charge in [-0.05, 0) is 47.5 Å². The molecule has 2 aromatic heterocycles. The van der Waals surface area contributed by atoms with E-state index < -0.39 is 5.91 Å². The average Bonchev–Trinajstić information content (AvgIpc) is 3.20. The lowest BCUT2D eigenvalue weighted by atomic mass is 10.1. The number of carbonyl (C=O) groups excluding carboxylic acids is 1. The number of aromatic nitrogens is 3. The molecule has 1 atom stereocenters. The summed E-state index contributed by atoms with van der Waals surface area (Å²) in [6.45, 7) is 5.94. The minimum absolute atomic E-state index is 0.0504. The first-order valence-corrected chi connectivity index (χ1v) is 10.1. The van der Waals surface area contributed by atoms with Crippen LogP contribution in [0.4, 0.5) is 17.5 Å². The van der Waals surface area contributed by atoms with Gasteiger partial charge in [-0.3, -0.25) is 4.79 Å². The Morgan fingerprint density at radius 2 is 2.17 bits per heavy atom. The van der Waals surface area contributed by atoms with Gasteiger partial charge in [-0.15, -0.1) is 21.5 Å². The predicted octanol–water partition coefficient (Wildman–Crippen LogP) is 3.36. The molecule has 0 saturated heterocycles. The van der Waals surface area contributed by atoms with Crippen molar-refractivity contribution >= 4 is 44.8 Å². The first-order valence-electron chi connectivity index (χ1n) is 9.26. The fourth-order valence-corrected chi connectivity index (χ4v) is 3.64. The molecule has 0 spiro atoms. The molecule has 1 aromatic carbocycles. The van der Waals surface area contributed by atoms with E-state index in [4.69, 9.17) is 11.5 Å². The van der Waals surface area contributed by atoms with Gasteiger partial charge in [0.2, 0.25) is 5.95 Å². The van der Waals surface area contributed by atoms with Gasteiger partial charge >= 0.3 is 0 Å². The fraction of sp³-hybridized carbons (Fsp3) is 0.143. The van der Waals surface area contributed by atoms with Crippen LogP contribution in [0.25, 0.3) is 10.1 Å². The summed E-state index contributed by atoms with van der Waals surface area (Å²) in [7, 11) is 0. The second-order valence-electron chi connectivity index (χ2n) is 6.33. The maximum absolute atomic E-state index is 11.8. The monoisotopic (exact) mass is 421 g/mol. The highest BCUT2D eigenvalue weighted by Gasteiger charge is 2.17. The average molecular weight is 422 g/mol. The SMILES string of the molecule is C=C/C=C(\C=C/C)[C@H](CN)Nc1nnc(C(N)=O)c(Nc2ccc3sccc3c2)n1. The lowest BCUT2D eigenvalue weighted by molar-refractivity contribution is 0.0995. The number of amides is 1. The van der Waals surface area contributed by atoms with Crippen molar-refractivity contribution in [3.8, 4) is 0 Å². The van der Waals surface area contributed by atoms with Crippen molar-refractivity contribution in [3.05, 3.63) is 71.8 Å². The molecule has 0 aliphatic heterocycles. The van der Waals surface area contributed by atoms with Crippen LogP contribution < -0.4 is 22.1 Å². The molecule has 0 radical (unpaired) electrons. The number of primary amides is 1. The summed E-state index contributed by atoms with van der Waals surface area (Å²) in [5.41, 5.74) is 13.0. The molecule has 30 heavy (non-hydrogen) atoms. The third-order valence-corrected chi connectivity index (χ3v) is 5.14. The molecular weight excluding hydrogens is 398 g/mol. The topological polar surface area (TPSA) is 132 Å². The number of carbonyl (C=O) groups is 1. The molecule has 0 aliphatic carbocycles. The van der Waals surface area contributed by atoms with E-state index in [2.05, 4.69) is 32.4 Å². The Morgan fingerprint density at radius 3 is 2.87 bits per heavy atom. The number of anilines is 3. The van der Waals surface area contributed by atoms with Crippen LogP contribution >= 0.6 is 11.3 Å². The molecule has 3 aromatic rings. The number of rotatable bonds is 9. The Kier molecular flexibility index (Phi) is 6.89. The van der Waals surface area contributed by atoms with Gasteiger partial charge in [0, 0.05) is 16.9 Å². The number of nitrogens with two attached hydrogens (primary N) is 2. The van der Waals surface area contributed by atoms with Gasteiger partial charge in [0.15, 0.2) is 11.5 Å². The first-order chi connectivity index (χ1) is 14.5. The van der Waals surface area contributed by atoms with E-state index in [0.29, 0.717) is 6.54 Å². The van der Waals surface area contributed by atoms with E-state index in [9.17, 15) is 4.79 Å². The summed E-state index contributed by atoms with van der Waals surface area (Å²) in [5.74, 6) is -0.295. The molecule has 2 heterocycles. The summed E-state index contributed by atoms with van der Waals surface area (Å²) in [6, 6.07) is 7.61. The normalized spacial score (nSPS) is 12.8. The number of nitrogens with one attached hydrogen (secondary N) is 2. The fourth-order valence-electron chi connectivity index (χ4n) is 2.87. The van der Waals surface area contributed by atoms with Gasteiger partial charge in [0.1, 0.15) is 0 Å². The zero-order chi connectivity index (χ0) is 21.5. The summed E-state index contributed by atoms with van der Waals surface area (Å²) in [4.78, 5) is 16.2. The van der Waals surface area contributed by atoms with Crippen LogP contribution in [-0.2, 0) is 0 Å². The maximum Gasteiger partial charge on any atom is 0.273 e. The van der Waals surface area contributed by atoms with E-state index in [0.717, 1.165) is 21.3 Å². The van der Waals surface area contributed by atoms with Crippen molar-refractivity contribution in [3.63, 3.8) is 0 Å². The van der Waals surface area contributed by atoms with Crippen molar-refractivity contribution in [1.82, 2.24) is 15.2 Å². The lowest BCUT2D eigenvalue weighted by Gasteiger charge is -2.18. The summed E-state index contributed by atoms with van der Waals surface area (Å²) < 4.78 is 1.16. The van der Waals surface area contributed by atoms with Crippen LogP contribution in [-0.4, -0.2) is 33.7 Å². The smallest absolute Gasteiger partial charge is 0.273 e. The number of hydrogen-bond acceptors (Lipinski definition) is 8. The Morgan fingerprint density at radius 1 is 1.33 bits per heavy atom.